The zero-order chi connectivity index (χ0) is 11.1. The van der Waals surface area contributed by atoms with Gasteiger partial charge < -0.3 is 10.1 Å². The molecule has 0 aliphatic rings. The number of nitrogens with zero attached hydrogens (tertiary/aromatic N) is 2. The lowest BCUT2D eigenvalue weighted by Crippen LogP contribution is -2.13. The van der Waals surface area contributed by atoms with Gasteiger partial charge in [0.15, 0.2) is 0 Å². The van der Waals surface area contributed by atoms with Crippen LogP contribution in [0.2, 0.25) is 0 Å². The molecule has 1 heterocycles. The van der Waals surface area contributed by atoms with E-state index in [2.05, 4.69) is 15.5 Å². The molecule has 0 fully saturated rings. The first-order valence-electron chi connectivity index (χ1n) is 4.96. The Morgan fingerprint density at radius 2 is 2.27 bits per heavy atom. The van der Waals surface area contributed by atoms with Crippen LogP contribution >= 0.6 is 11.3 Å². The average molecular weight is 229 g/mol. The van der Waals surface area contributed by atoms with Gasteiger partial charge in [0.05, 0.1) is 13.0 Å². The molecule has 15 heavy (non-hydrogen) atoms. The predicted molar refractivity (Wildman–Crippen MR) is 59.0 cm³/mol. The summed E-state index contributed by atoms with van der Waals surface area (Å²) < 4.78 is 5.07. The predicted octanol–water partition coefficient (Wildman–Crippen LogP) is 1.47. The van der Waals surface area contributed by atoms with E-state index in [1.807, 2.05) is 13.8 Å². The maximum atomic E-state index is 11.3. The van der Waals surface area contributed by atoms with Crippen LogP contribution < -0.4 is 5.32 Å². The quantitative estimate of drug-likeness (QED) is 0.750. The van der Waals surface area contributed by atoms with Crippen molar-refractivity contribution in [3.05, 3.63) is 5.01 Å². The number of ether oxygens (including phenoxy) is 1. The van der Waals surface area contributed by atoms with E-state index in [1.165, 1.54) is 11.3 Å². The van der Waals surface area contributed by atoms with E-state index in [0.29, 0.717) is 24.8 Å². The molecule has 6 heteroatoms. The van der Waals surface area contributed by atoms with Gasteiger partial charge in [0, 0.05) is 6.61 Å². The van der Waals surface area contributed by atoms with Crippen LogP contribution in [-0.4, -0.2) is 29.3 Å². The van der Waals surface area contributed by atoms with Crippen molar-refractivity contribution in [3.8, 4) is 0 Å². The monoisotopic (exact) mass is 229 g/mol. The summed E-state index contributed by atoms with van der Waals surface area (Å²) in [5.41, 5.74) is 0. The third-order valence-corrected chi connectivity index (χ3v) is 2.68. The summed E-state index contributed by atoms with van der Waals surface area (Å²) >= 11 is 1.41. The number of aromatic nitrogens is 2. The number of nitrogens with one attached hydrogen (secondary N) is 1. The van der Waals surface area contributed by atoms with E-state index in [4.69, 9.17) is 4.74 Å². The smallest absolute Gasteiger partial charge is 0.228 e. The van der Waals surface area contributed by atoms with Gasteiger partial charge in [-0.25, -0.2) is 0 Å². The molecule has 1 aromatic heterocycles. The lowest BCUT2D eigenvalue weighted by molar-refractivity contribution is -0.117. The van der Waals surface area contributed by atoms with Crippen molar-refractivity contribution in [2.24, 2.45) is 0 Å². The van der Waals surface area contributed by atoms with E-state index < -0.39 is 0 Å². The largest absolute Gasteiger partial charge is 0.381 e. The molecule has 0 aliphatic heterocycles. The van der Waals surface area contributed by atoms with Crippen LogP contribution in [0.1, 0.15) is 25.3 Å². The second-order valence-corrected chi connectivity index (χ2v) is 3.91. The van der Waals surface area contributed by atoms with Crippen LogP contribution in [0.3, 0.4) is 0 Å². The highest BCUT2D eigenvalue weighted by Gasteiger charge is 2.06. The van der Waals surface area contributed by atoms with Crippen molar-refractivity contribution in [3.63, 3.8) is 0 Å². The van der Waals surface area contributed by atoms with Crippen LogP contribution in [-0.2, 0) is 16.0 Å². The molecule has 0 atom stereocenters. The Morgan fingerprint density at radius 1 is 1.47 bits per heavy atom. The molecule has 0 radical (unpaired) electrons. The van der Waals surface area contributed by atoms with Crippen LogP contribution in [0.15, 0.2) is 0 Å². The van der Waals surface area contributed by atoms with Gasteiger partial charge in [-0.2, -0.15) is 0 Å². The molecule has 1 rings (SSSR count). The van der Waals surface area contributed by atoms with Gasteiger partial charge >= 0.3 is 0 Å². The third kappa shape index (κ3) is 4.35. The van der Waals surface area contributed by atoms with E-state index in [0.717, 1.165) is 11.4 Å². The standard InChI is InChI=1S/C9H15N3O2S/c1-3-8-11-12-9(15-8)10-7(13)5-6-14-4-2/h3-6H2,1-2H3,(H,10,12,13). The van der Waals surface area contributed by atoms with Crippen molar-refractivity contribution in [1.82, 2.24) is 10.2 Å². The zero-order valence-electron chi connectivity index (χ0n) is 8.95. The van der Waals surface area contributed by atoms with Gasteiger partial charge in [-0.05, 0) is 13.3 Å². The summed E-state index contributed by atoms with van der Waals surface area (Å²) in [6.45, 7) is 4.98. The molecule has 0 saturated carbocycles. The summed E-state index contributed by atoms with van der Waals surface area (Å²) in [5, 5.41) is 11.9. The molecule has 0 unspecified atom stereocenters. The van der Waals surface area contributed by atoms with Crippen molar-refractivity contribution in [1.29, 1.82) is 0 Å². The molecular formula is C9H15N3O2S. The Morgan fingerprint density at radius 3 is 2.87 bits per heavy atom. The molecule has 0 bridgehead atoms. The maximum absolute atomic E-state index is 11.3. The fraction of sp³-hybridized carbons (Fsp3) is 0.667. The van der Waals surface area contributed by atoms with Gasteiger partial charge in [-0.1, -0.05) is 18.3 Å². The fourth-order valence-corrected chi connectivity index (χ4v) is 1.63. The Balaban J connectivity index is 2.31. The number of aryl methyl sites for hydroxylation is 1. The maximum Gasteiger partial charge on any atom is 0.228 e. The van der Waals surface area contributed by atoms with Crippen LogP contribution in [0, 0.1) is 0 Å². The van der Waals surface area contributed by atoms with Gasteiger partial charge in [-0.15, -0.1) is 10.2 Å². The Bertz CT molecular complexity index is 314. The number of amides is 1. The second-order valence-electron chi connectivity index (χ2n) is 2.85. The highest BCUT2D eigenvalue weighted by Crippen LogP contribution is 2.15. The van der Waals surface area contributed by atoms with Crippen molar-refractivity contribution >= 4 is 22.4 Å². The molecule has 1 amide bonds. The zero-order valence-corrected chi connectivity index (χ0v) is 9.76. The van der Waals surface area contributed by atoms with Crippen LogP contribution in [0.4, 0.5) is 5.13 Å². The topological polar surface area (TPSA) is 64.1 Å². The van der Waals surface area contributed by atoms with Gasteiger partial charge in [-0.3, -0.25) is 4.79 Å². The third-order valence-electron chi connectivity index (χ3n) is 1.69. The van der Waals surface area contributed by atoms with E-state index in [9.17, 15) is 4.79 Å². The van der Waals surface area contributed by atoms with Crippen molar-refractivity contribution < 1.29 is 9.53 Å². The molecule has 0 saturated heterocycles. The first-order valence-corrected chi connectivity index (χ1v) is 5.77. The summed E-state index contributed by atoms with van der Waals surface area (Å²) in [6.07, 6.45) is 1.20. The lowest BCUT2D eigenvalue weighted by atomic mass is 10.4. The van der Waals surface area contributed by atoms with Gasteiger partial charge in [0.2, 0.25) is 11.0 Å². The van der Waals surface area contributed by atoms with E-state index >= 15 is 0 Å². The van der Waals surface area contributed by atoms with Crippen LogP contribution in [0.5, 0.6) is 0 Å². The number of carbonyl (C=O) groups is 1. The molecular weight excluding hydrogens is 214 g/mol. The minimum Gasteiger partial charge on any atom is -0.381 e. The Kier molecular flexibility index (Phi) is 5.20. The molecule has 0 aliphatic carbocycles. The Labute approximate surface area is 92.9 Å². The summed E-state index contributed by atoms with van der Waals surface area (Å²) in [6, 6.07) is 0. The first kappa shape index (κ1) is 12.1. The van der Waals surface area contributed by atoms with Crippen molar-refractivity contribution in [2.45, 2.75) is 26.7 Å². The normalized spacial score (nSPS) is 10.3. The summed E-state index contributed by atoms with van der Waals surface area (Å²) in [4.78, 5) is 11.3. The molecule has 84 valence electrons. The highest BCUT2D eigenvalue weighted by molar-refractivity contribution is 7.15. The highest BCUT2D eigenvalue weighted by atomic mass is 32.1. The van der Waals surface area contributed by atoms with E-state index in [-0.39, 0.29) is 5.91 Å². The summed E-state index contributed by atoms with van der Waals surface area (Å²) in [7, 11) is 0. The number of hydrogen-bond acceptors (Lipinski definition) is 5. The lowest BCUT2D eigenvalue weighted by Gasteiger charge is -2.00. The van der Waals surface area contributed by atoms with Gasteiger partial charge in [0.25, 0.3) is 0 Å². The number of carbonyl (C=O) groups excluding carboxylic acids is 1. The minimum absolute atomic E-state index is 0.0812. The minimum atomic E-state index is -0.0812. The summed E-state index contributed by atoms with van der Waals surface area (Å²) in [5.74, 6) is -0.0812. The van der Waals surface area contributed by atoms with Crippen LogP contribution in [0.25, 0.3) is 0 Å². The first-order chi connectivity index (χ1) is 7.26. The fourth-order valence-electron chi connectivity index (χ4n) is 0.938. The SMILES string of the molecule is CCOCCC(=O)Nc1nnc(CC)s1. The molecule has 5 nitrogen and oxygen atoms in total. The molecule has 0 aromatic carbocycles. The number of anilines is 1. The molecule has 0 spiro atoms. The number of rotatable bonds is 6. The Hall–Kier alpha value is -1.01. The molecule has 1 aromatic rings. The van der Waals surface area contributed by atoms with Crippen molar-refractivity contribution in [2.75, 3.05) is 18.5 Å². The second kappa shape index (κ2) is 6.47. The average Bonchev–Trinajstić information content (AvgIpc) is 2.66. The van der Waals surface area contributed by atoms with E-state index in [1.54, 1.807) is 0 Å². The molecule has 1 N–H and O–H groups in total. The number of hydrogen-bond donors (Lipinski definition) is 1. The van der Waals surface area contributed by atoms with Gasteiger partial charge in [0.1, 0.15) is 5.01 Å².